The Morgan fingerprint density at radius 2 is 1.50 bits per heavy atom. The van der Waals surface area contributed by atoms with E-state index in [4.69, 9.17) is 0 Å². The van der Waals surface area contributed by atoms with Crippen LogP contribution >= 0.6 is 12.4 Å². The van der Waals surface area contributed by atoms with Crippen LogP contribution in [-0.4, -0.2) is 5.91 Å². The molecule has 0 spiro atoms. The highest BCUT2D eigenvalue weighted by Crippen LogP contribution is 2.54. The summed E-state index contributed by atoms with van der Waals surface area (Å²) < 4.78 is 0. The van der Waals surface area contributed by atoms with Crippen LogP contribution in [0, 0.1) is 0 Å². The zero-order chi connectivity index (χ0) is 13.2. The summed E-state index contributed by atoms with van der Waals surface area (Å²) >= 11 is 0. The summed E-state index contributed by atoms with van der Waals surface area (Å²) in [6.45, 7) is 1.53. The molecule has 2 aromatic rings. The van der Waals surface area contributed by atoms with Crippen molar-refractivity contribution in [1.82, 2.24) is 0 Å². The Balaban J connectivity index is 0.00000147. The predicted octanol–water partition coefficient (Wildman–Crippen LogP) is 4.34. The third-order valence-electron chi connectivity index (χ3n) is 3.68. The molecule has 3 heteroatoms. The molecule has 0 aromatic heterocycles. The van der Waals surface area contributed by atoms with Gasteiger partial charge in [0.05, 0.1) is 0 Å². The molecule has 1 fully saturated rings. The second kappa shape index (κ2) is 6.10. The van der Waals surface area contributed by atoms with E-state index >= 15 is 0 Å². The van der Waals surface area contributed by atoms with Gasteiger partial charge in [-0.1, -0.05) is 42.5 Å². The van der Waals surface area contributed by atoms with Crippen molar-refractivity contribution in [3.63, 3.8) is 0 Å². The van der Waals surface area contributed by atoms with Crippen LogP contribution in [0.15, 0.2) is 54.6 Å². The van der Waals surface area contributed by atoms with E-state index in [1.54, 1.807) is 0 Å². The maximum Gasteiger partial charge on any atom is 0.221 e. The summed E-state index contributed by atoms with van der Waals surface area (Å²) in [4.78, 5) is 11.0. The number of rotatable bonds is 3. The average molecular weight is 288 g/mol. The number of halogens is 1. The van der Waals surface area contributed by atoms with Crippen LogP contribution in [0.3, 0.4) is 0 Å². The first kappa shape index (κ1) is 14.6. The summed E-state index contributed by atoms with van der Waals surface area (Å²) in [5.41, 5.74) is 3.66. The van der Waals surface area contributed by atoms with Gasteiger partial charge < -0.3 is 5.32 Å². The normalized spacial score (nSPS) is 19.9. The molecule has 0 bridgehead atoms. The first-order chi connectivity index (χ1) is 9.24. The Kier molecular flexibility index (Phi) is 4.46. The maximum absolute atomic E-state index is 11.0. The van der Waals surface area contributed by atoms with Crippen molar-refractivity contribution >= 4 is 24.0 Å². The van der Waals surface area contributed by atoms with E-state index in [2.05, 4.69) is 47.8 Å². The first-order valence-corrected chi connectivity index (χ1v) is 6.66. The average Bonchev–Trinajstić information content (AvgIpc) is 3.20. The molecular formula is C17H18ClNO. The molecule has 0 radical (unpaired) electrons. The fourth-order valence-electron chi connectivity index (χ4n) is 2.65. The zero-order valence-corrected chi connectivity index (χ0v) is 12.2. The van der Waals surface area contributed by atoms with Crippen LogP contribution in [0.4, 0.5) is 5.69 Å². The Morgan fingerprint density at radius 1 is 0.950 bits per heavy atom. The van der Waals surface area contributed by atoms with E-state index in [-0.39, 0.29) is 18.3 Å². The number of benzene rings is 2. The van der Waals surface area contributed by atoms with Gasteiger partial charge in [0, 0.05) is 12.6 Å². The third kappa shape index (κ3) is 3.20. The molecule has 1 N–H and O–H groups in total. The van der Waals surface area contributed by atoms with Crippen LogP contribution in [0.25, 0.3) is 0 Å². The first-order valence-electron chi connectivity index (χ1n) is 6.66. The van der Waals surface area contributed by atoms with Crippen molar-refractivity contribution in [1.29, 1.82) is 0 Å². The summed E-state index contributed by atoms with van der Waals surface area (Å²) in [6, 6.07) is 18.9. The lowest BCUT2D eigenvalue weighted by molar-refractivity contribution is -0.114. The van der Waals surface area contributed by atoms with Gasteiger partial charge in [0.1, 0.15) is 0 Å². The van der Waals surface area contributed by atoms with Crippen molar-refractivity contribution in [3.8, 4) is 0 Å². The van der Waals surface area contributed by atoms with E-state index in [9.17, 15) is 4.79 Å². The van der Waals surface area contributed by atoms with Crippen molar-refractivity contribution in [2.24, 2.45) is 0 Å². The van der Waals surface area contributed by atoms with Gasteiger partial charge in [0.15, 0.2) is 0 Å². The van der Waals surface area contributed by atoms with Crippen LogP contribution < -0.4 is 5.32 Å². The van der Waals surface area contributed by atoms with Crippen LogP contribution in [-0.2, 0) is 4.79 Å². The summed E-state index contributed by atoms with van der Waals surface area (Å²) in [6.07, 6.45) is 1.23. The second-order valence-corrected chi connectivity index (χ2v) is 5.16. The molecule has 3 rings (SSSR count). The van der Waals surface area contributed by atoms with Gasteiger partial charge in [-0.15, -0.1) is 12.4 Å². The number of amides is 1. The molecule has 0 saturated heterocycles. The summed E-state index contributed by atoms with van der Waals surface area (Å²) in [5, 5.41) is 2.80. The summed E-state index contributed by atoms with van der Waals surface area (Å²) in [7, 11) is 0. The van der Waals surface area contributed by atoms with E-state index < -0.39 is 0 Å². The van der Waals surface area contributed by atoms with Crippen molar-refractivity contribution in [2.45, 2.75) is 25.2 Å². The SMILES string of the molecule is CC(=O)Nc1ccc(C2CC2c2ccccc2)cc1.Cl. The molecule has 0 heterocycles. The van der Waals surface area contributed by atoms with Crippen LogP contribution in [0.5, 0.6) is 0 Å². The van der Waals surface area contributed by atoms with Gasteiger partial charge >= 0.3 is 0 Å². The molecule has 2 aromatic carbocycles. The Hall–Kier alpha value is -1.80. The van der Waals surface area contributed by atoms with E-state index in [0.29, 0.717) is 11.8 Å². The van der Waals surface area contributed by atoms with Crippen LogP contribution in [0.2, 0.25) is 0 Å². The fourth-order valence-corrected chi connectivity index (χ4v) is 2.65. The van der Waals surface area contributed by atoms with E-state index in [0.717, 1.165) is 5.69 Å². The van der Waals surface area contributed by atoms with Crippen LogP contribution in [0.1, 0.15) is 36.3 Å². The lowest BCUT2D eigenvalue weighted by Gasteiger charge is -2.04. The van der Waals surface area contributed by atoms with Crippen molar-refractivity contribution < 1.29 is 4.79 Å². The number of hydrogen-bond acceptors (Lipinski definition) is 1. The smallest absolute Gasteiger partial charge is 0.221 e. The van der Waals surface area contributed by atoms with Crippen molar-refractivity contribution in [3.05, 3.63) is 65.7 Å². The van der Waals surface area contributed by atoms with Gasteiger partial charge in [-0.25, -0.2) is 0 Å². The molecule has 1 aliphatic carbocycles. The number of carbonyl (C=O) groups is 1. The second-order valence-electron chi connectivity index (χ2n) is 5.16. The molecule has 2 nitrogen and oxygen atoms in total. The fraction of sp³-hybridized carbons (Fsp3) is 0.235. The summed E-state index contributed by atoms with van der Waals surface area (Å²) in [5.74, 6) is 1.27. The van der Waals surface area contributed by atoms with Gasteiger partial charge in [-0.2, -0.15) is 0 Å². The highest BCUT2D eigenvalue weighted by Gasteiger charge is 2.39. The maximum atomic E-state index is 11.0. The predicted molar refractivity (Wildman–Crippen MR) is 84.5 cm³/mol. The van der Waals surface area contributed by atoms with Gasteiger partial charge in [-0.05, 0) is 41.5 Å². The molecule has 20 heavy (non-hydrogen) atoms. The molecule has 1 saturated carbocycles. The van der Waals surface area contributed by atoms with E-state index in [1.807, 2.05) is 12.1 Å². The minimum absolute atomic E-state index is 0. The molecule has 2 atom stereocenters. The quantitative estimate of drug-likeness (QED) is 0.894. The molecule has 1 amide bonds. The Labute approximate surface area is 125 Å². The number of carbonyl (C=O) groups excluding carboxylic acids is 1. The van der Waals surface area contributed by atoms with E-state index in [1.165, 1.54) is 24.5 Å². The topological polar surface area (TPSA) is 29.1 Å². The Morgan fingerprint density at radius 3 is 2.05 bits per heavy atom. The number of hydrogen-bond donors (Lipinski definition) is 1. The van der Waals surface area contributed by atoms with Gasteiger partial charge in [0.25, 0.3) is 0 Å². The largest absolute Gasteiger partial charge is 0.326 e. The van der Waals surface area contributed by atoms with Gasteiger partial charge in [0.2, 0.25) is 5.91 Å². The molecular weight excluding hydrogens is 270 g/mol. The highest BCUT2D eigenvalue weighted by molar-refractivity contribution is 5.88. The lowest BCUT2D eigenvalue weighted by Crippen LogP contribution is -2.05. The standard InChI is InChI=1S/C17H17NO.ClH/c1-12(19)18-15-9-7-14(8-10-15)17-11-16(17)13-5-3-2-4-6-13;/h2-10,16-17H,11H2,1H3,(H,18,19);1H. The number of nitrogens with one attached hydrogen (secondary N) is 1. The number of anilines is 1. The molecule has 0 aliphatic heterocycles. The zero-order valence-electron chi connectivity index (χ0n) is 11.4. The minimum atomic E-state index is -0.0265. The van der Waals surface area contributed by atoms with Gasteiger partial charge in [-0.3, -0.25) is 4.79 Å². The lowest BCUT2D eigenvalue weighted by atomic mass is 10.0. The Bertz CT molecular complexity index is 580. The monoisotopic (exact) mass is 287 g/mol. The third-order valence-corrected chi connectivity index (χ3v) is 3.68. The van der Waals surface area contributed by atoms with Crippen molar-refractivity contribution in [2.75, 3.05) is 5.32 Å². The minimum Gasteiger partial charge on any atom is -0.326 e. The molecule has 104 valence electrons. The molecule has 1 aliphatic rings. The highest BCUT2D eigenvalue weighted by atomic mass is 35.5. The molecule has 2 unspecified atom stereocenters.